The van der Waals surface area contributed by atoms with Crippen LogP contribution in [0.4, 0.5) is 0 Å². The predicted octanol–water partition coefficient (Wildman–Crippen LogP) is 8.24. The van der Waals surface area contributed by atoms with Crippen LogP contribution in [0.15, 0.2) is 127 Å². The van der Waals surface area contributed by atoms with Crippen molar-refractivity contribution in [1.82, 2.24) is 4.57 Å². The molecule has 0 saturated heterocycles. The third-order valence-electron chi connectivity index (χ3n) is 6.52. The SMILES string of the molecule is c1ccc(CCc2ccc(-c3ccc4c(c3)c3ccccc3n4-c3ccccc3)cc2)cc1. The zero-order chi connectivity index (χ0) is 22.0. The van der Waals surface area contributed by atoms with Crippen LogP contribution in [-0.4, -0.2) is 4.57 Å². The van der Waals surface area contributed by atoms with E-state index in [9.17, 15) is 0 Å². The van der Waals surface area contributed by atoms with E-state index in [1.807, 2.05) is 0 Å². The summed E-state index contributed by atoms with van der Waals surface area (Å²) in [4.78, 5) is 0. The molecule has 0 fully saturated rings. The first-order valence-electron chi connectivity index (χ1n) is 11.6. The normalized spacial score (nSPS) is 11.3. The third-order valence-corrected chi connectivity index (χ3v) is 6.52. The molecule has 0 spiro atoms. The Hall–Kier alpha value is -4.10. The van der Waals surface area contributed by atoms with Gasteiger partial charge >= 0.3 is 0 Å². The van der Waals surface area contributed by atoms with Gasteiger partial charge in [-0.2, -0.15) is 0 Å². The van der Waals surface area contributed by atoms with Crippen LogP contribution in [-0.2, 0) is 12.8 Å². The standard InChI is InChI=1S/C32H25N/c1-3-9-24(10-4-1)15-16-25-17-19-26(20-18-25)27-21-22-32-30(23-27)29-13-7-8-14-31(29)33(32)28-11-5-2-6-12-28/h1-14,17-23H,15-16H2. The number of rotatable bonds is 5. The van der Waals surface area contributed by atoms with E-state index in [2.05, 4.69) is 132 Å². The first-order chi connectivity index (χ1) is 16.4. The summed E-state index contributed by atoms with van der Waals surface area (Å²) in [5, 5.41) is 2.58. The lowest BCUT2D eigenvalue weighted by molar-refractivity contribution is 0.960. The molecule has 1 aromatic heterocycles. The van der Waals surface area contributed by atoms with E-state index < -0.39 is 0 Å². The topological polar surface area (TPSA) is 4.93 Å². The molecule has 0 radical (unpaired) electrons. The molecule has 0 amide bonds. The minimum Gasteiger partial charge on any atom is -0.309 e. The molecule has 0 N–H and O–H groups in total. The van der Waals surface area contributed by atoms with Crippen molar-refractivity contribution < 1.29 is 0 Å². The Labute approximate surface area is 194 Å². The number of hydrogen-bond donors (Lipinski definition) is 0. The summed E-state index contributed by atoms with van der Waals surface area (Å²) in [6, 6.07) is 46.0. The van der Waals surface area contributed by atoms with E-state index >= 15 is 0 Å². The van der Waals surface area contributed by atoms with Crippen LogP contribution in [0.1, 0.15) is 11.1 Å². The van der Waals surface area contributed by atoms with Crippen molar-refractivity contribution in [1.29, 1.82) is 0 Å². The van der Waals surface area contributed by atoms with Crippen LogP contribution < -0.4 is 0 Å². The molecule has 6 aromatic rings. The minimum atomic E-state index is 1.06. The Morgan fingerprint density at radius 2 is 1.00 bits per heavy atom. The maximum absolute atomic E-state index is 2.36. The second kappa shape index (κ2) is 8.44. The van der Waals surface area contributed by atoms with E-state index in [4.69, 9.17) is 0 Å². The van der Waals surface area contributed by atoms with E-state index in [1.54, 1.807) is 0 Å². The van der Waals surface area contributed by atoms with Crippen LogP contribution in [0.25, 0.3) is 38.6 Å². The van der Waals surface area contributed by atoms with Crippen molar-refractivity contribution in [3.05, 3.63) is 139 Å². The van der Waals surface area contributed by atoms with Gasteiger partial charge in [0, 0.05) is 16.5 Å². The molecule has 1 heteroatoms. The number of aromatic nitrogens is 1. The number of nitrogens with zero attached hydrogens (tertiary/aromatic N) is 1. The smallest absolute Gasteiger partial charge is 0.0541 e. The first kappa shape index (κ1) is 19.6. The van der Waals surface area contributed by atoms with Gasteiger partial charge < -0.3 is 4.57 Å². The molecule has 0 bridgehead atoms. The quantitative estimate of drug-likeness (QED) is 0.263. The fourth-order valence-corrected chi connectivity index (χ4v) is 4.80. The second-order valence-corrected chi connectivity index (χ2v) is 8.60. The Balaban J connectivity index is 1.36. The third kappa shape index (κ3) is 3.72. The van der Waals surface area contributed by atoms with Crippen LogP contribution >= 0.6 is 0 Å². The summed E-state index contributed by atoms with van der Waals surface area (Å²) in [5.41, 5.74) is 8.97. The van der Waals surface area contributed by atoms with Crippen molar-refractivity contribution in [3.63, 3.8) is 0 Å². The lowest BCUT2D eigenvalue weighted by Gasteiger charge is -2.08. The van der Waals surface area contributed by atoms with Gasteiger partial charge in [-0.3, -0.25) is 0 Å². The maximum atomic E-state index is 2.36. The van der Waals surface area contributed by atoms with E-state index in [0.29, 0.717) is 0 Å². The molecule has 0 aliphatic carbocycles. The number of hydrogen-bond acceptors (Lipinski definition) is 0. The number of para-hydroxylation sites is 2. The van der Waals surface area contributed by atoms with E-state index in [0.717, 1.165) is 12.8 Å². The average molecular weight is 424 g/mol. The van der Waals surface area contributed by atoms with Crippen molar-refractivity contribution in [3.8, 4) is 16.8 Å². The molecule has 0 aliphatic heterocycles. The molecule has 0 unspecified atom stereocenters. The highest BCUT2D eigenvalue weighted by molar-refractivity contribution is 6.10. The molecule has 1 heterocycles. The molecular formula is C32H25N. The van der Waals surface area contributed by atoms with Crippen LogP contribution in [0.3, 0.4) is 0 Å². The predicted molar refractivity (Wildman–Crippen MR) is 140 cm³/mol. The van der Waals surface area contributed by atoms with Crippen LogP contribution in [0.2, 0.25) is 0 Å². The number of benzene rings is 5. The summed E-state index contributed by atoms with van der Waals surface area (Å²) in [5.74, 6) is 0. The van der Waals surface area contributed by atoms with Gasteiger partial charge in [-0.15, -0.1) is 0 Å². The summed E-state index contributed by atoms with van der Waals surface area (Å²) < 4.78 is 2.36. The van der Waals surface area contributed by atoms with Gasteiger partial charge in [0.15, 0.2) is 0 Å². The van der Waals surface area contributed by atoms with Gasteiger partial charge in [0.2, 0.25) is 0 Å². The molecule has 1 nitrogen and oxygen atoms in total. The van der Waals surface area contributed by atoms with Gasteiger partial charge in [0.1, 0.15) is 0 Å². The zero-order valence-corrected chi connectivity index (χ0v) is 18.5. The highest BCUT2D eigenvalue weighted by Gasteiger charge is 2.12. The Morgan fingerprint density at radius 1 is 0.424 bits per heavy atom. The van der Waals surface area contributed by atoms with Crippen molar-refractivity contribution in [2.45, 2.75) is 12.8 Å². The lowest BCUT2D eigenvalue weighted by Crippen LogP contribution is -1.93. The maximum Gasteiger partial charge on any atom is 0.0541 e. The summed E-state index contributed by atoms with van der Waals surface area (Å²) in [6.07, 6.45) is 2.14. The molecule has 33 heavy (non-hydrogen) atoms. The van der Waals surface area contributed by atoms with Crippen molar-refractivity contribution in [2.75, 3.05) is 0 Å². The zero-order valence-electron chi connectivity index (χ0n) is 18.5. The van der Waals surface area contributed by atoms with Gasteiger partial charge in [-0.1, -0.05) is 97.1 Å². The summed E-state index contributed by atoms with van der Waals surface area (Å²) in [7, 11) is 0. The largest absolute Gasteiger partial charge is 0.309 e. The number of aryl methyl sites for hydroxylation is 2. The second-order valence-electron chi connectivity index (χ2n) is 8.60. The van der Waals surface area contributed by atoms with Crippen molar-refractivity contribution >= 4 is 21.8 Å². The highest BCUT2D eigenvalue weighted by Crippen LogP contribution is 2.34. The monoisotopic (exact) mass is 423 g/mol. The van der Waals surface area contributed by atoms with E-state index in [-0.39, 0.29) is 0 Å². The average Bonchev–Trinajstić information content (AvgIpc) is 3.23. The Bertz CT molecular complexity index is 1520. The molecule has 0 atom stereocenters. The summed E-state index contributed by atoms with van der Waals surface area (Å²) >= 11 is 0. The fourth-order valence-electron chi connectivity index (χ4n) is 4.80. The number of fused-ring (bicyclic) bond motifs is 3. The summed E-state index contributed by atoms with van der Waals surface area (Å²) in [6.45, 7) is 0. The Kier molecular flexibility index (Phi) is 5.01. The minimum absolute atomic E-state index is 1.06. The van der Waals surface area contributed by atoms with Crippen LogP contribution in [0, 0.1) is 0 Å². The Morgan fingerprint density at radius 3 is 1.76 bits per heavy atom. The first-order valence-corrected chi connectivity index (χ1v) is 11.6. The molecule has 5 aromatic carbocycles. The van der Waals surface area contributed by atoms with Gasteiger partial charge in [-0.25, -0.2) is 0 Å². The molecule has 0 aliphatic rings. The lowest BCUT2D eigenvalue weighted by atomic mass is 9.99. The highest BCUT2D eigenvalue weighted by atomic mass is 15.0. The molecule has 0 saturated carbocycles. The fraction of sp³-hybridized carbons (Fsp3) is 0.0625. The van der Waals surface area contributed by atoms with Gasteiger partial charge in [0.05, 0.1) is 11.0 Å². The van der Waals surface area contributed by atoms with Crippen LogP contribution in [0.5, 0.6) is 0 Å². The van der Waals surface area contributed by atoms with E-state index in [1.165, 1.54) is 49.7 Å². The van der Waals surface area contributed by atoms with Crippen molar-refractivity contribution in [2.24, 2.45) is 0 Å². The van der Waals surface area contributed by atoms with Gasteiger partial charge in [0.25, 0.3) is 0 Å². The molecule has 158 valence electrons. The van der Waals surface area contributed by atoms with Gasteiger partial charge in [-0.05, 0) is 65.4 Å². The molecular weight excluding hydrogens is 398 g/mol. The molecule has 6 rings (SSSR count).